The molecule has 12 rings (SSSR count). The van der Waals surface area contributed by atoms with Gasteiger partial charge in [0.2, 0.25) is 5.91 Å². The average molecular weight is 1460 g/mol. The van der Waals surface area contributed by atoms with Crippen molar-refractivity contribution in [3.8, 4) is 0 Å². The van der Waals surface area contributed by atoms with Crippen LogP contribution in [0.25, 0.3) is 0 Å². The van der Waals surface area contributed by atoms with Gasteiger partial charge in [0.25, 0.3) is 0 Å². The molecular weight excluding hydrogens is 1370 g/mol. The number of benzene rings is 2. The highest BCUT2D eigenvalue weighted by molar-refractivity contribution is 9.10. The molecule has 5 aromatic rings. The number of rotatable bonds is 8. The monoisotopic (exact) mass is 1450 g/mol. The highest BCUT2D eigenvalue weighted by Gasteiger charge is 2.46. The molecule has 8 heterocycles. The summed E-state index contributed by atoms with van der Waals surface area (Å²) in [5.41, 5.74) is 7.85. The van der Waals surface area contributed by atoms with E-state index in [0.29, 0.717) is 62.3 Å². The predicted molar refractivity (Wildman–Crippen MR) is 369 cm³/mol. The summed E-state index contributed by atoms with van der Waals surface area (Å²) in [7, 11) is 0. The van der Waals surface area contributed by atoms with Gasteiger partial charge in [0, 0.05) is 107 Å². The lowest BCUT2D eigenvalue weighted by atomic mass is 9.74. The number of imidazole rings is 1. The number of hydrogen-bond donors (Lipinski definition) is 2. The molecule has 0 bridgehead atoms. The number of piperidine rings is 4. The lowest BCUT2D eigenvalue weighted by Crippen LogP contribution is -2.57. The number of carboxylic acid groups (broad SMARTS) is 1. The summed E-state index contributed by atoms with van der Waals surface area (Å²) in [6.07, 6.45) is 26.2. The first-order valence-corrected chi connectivity index (χ1v) is 34.1. The second-order valence-electron chi connectivity index (χ2n) is 27.1. The number of aromatic nitrogens is 4. The second-order valence-corrected chi connectivity index (χ2v) is 29.8. The fourth-order valence-electron chi connectivity index (χ4n) is 14.4. The number of halogens is 6. The highest BCUT2D eigenvalue weighted by atomic mass is 79.9. The summed E-state index contributed by atoms with van der Waals surface area (Å²) in [5, 5.41) is 14.9. The minimum Gasteiger partial charge on any atom is -0.480 e. The number of pyridine rings is 2. The molecule has 3 aromatic heterocycles. The van der Waals surface area contributed by atoms with Gasteiger partial charge in [-0.15, -0.1) is 24.8 Å². The maximum atomic E-state index is 14.5. The third-order valence-corrected chi connectivity index (χ3v) is 19.7. The van der Waals surface area contributed by atoms with Crippen LogP contribution in [0.2, 0.25) is 10.0 Å². The minimum atomic E-state index is -1.01. The van der Waals surface area contributed by atoms with E-state index < -0.39 is 41.4 Å². The van der Waals surface area contributed by atoms with Gasteiger partial charge in [-0.05, 0) is 263 Å². The van der Waals surface area contributed by atoms with Crippen LogP contribution in [0.15, 0.2) is 106 Å². The van der Waals surface area contributed by atoms with Crippen LogP contribution in [0.1, 0.15) is 156 Å². The third-order valence-electron chi connectivity index (χ3n) is 18.3. The molecule has 5 unspecified atom stereocenters. The summed E-state index contributed by atoms with van der Waals surface area (Å²) in [6, 6.07) is 14.9. The van der Waals surface area contributed by atoms with Crippen LogP contribution in [0, 0.1) is 29.6 Å². The number of nitrogens with zero attached hydrogens (tertiary/aromatic N) is 8. The molecule has 7 aliphatic rings. The van der Waals surface area contributed by atoms with Crippen molar-refractivity contribution in [2.75, 3.05) is 39.3 Å². The van der Waals surface area contributed by atoms with Crippen LogP contribution < -0.4 is 5.32 Å². The van der Waals surface area contributed by atoms with E-state index in [1.165, 1.54) is 59.5 Å². The molecule has 4 fully saturated rings. The van der Waals surface area contributed by atoms with Crippen molar-refractivity contribution in [2.24, 2.45) is 34.6 Å². The number of amides is 3. The SMILES string of the molecule is C1=CC(C[C@H]2CCCNC2)C=N1.CC(C)(C)OC(=O)N1CCC([C@H]2c3ccc(Cl)cc3CCc3cc(Br)cnc32)CC1C(=O)N1CCC[C@H](Cn2ccnc2)C1.CC(C)(C)OC(=O)N1CCC([C@H]2c3ccc(Cl)cc3CCc3cc(Br)cnc32)CC1C(=O)O.Cl.Cl. The van der Waals surface area contributed by atoms with Gasteiger partial charge in [0.1, 0.15) is 23.3 Å². The summed E-state index contributed by atoms with van der Waals surface area (Å²) < 4.78 is 15.3. The van der Waals surface area contributed by atoms with Gasteiger partial charge < -0.3 is 29.4 Å². The maximum Gasteiger partial charge on any atom is 0.411 e. The Morgan fingerprint density at radius 1 is 0.692 bits per heavy atom. The Kier molecular flexibility index (Phi) is 25.2. The number of aliphatic carboxylic acids is 1. The Morgan fingerprint density at radius 2 is 1.23 bits per heavy atom. The number of aryl methyl sites for hydroxylation is 4. The van der Waals surface area contributed by atoms with Gasteiger partial charge in [0.05, 0.1) is 17.7 Å². The summed E-state index contributed by atoms with van der Waals surface area (Å²) in [5.74, 6) is 0.890. The topological polar surface area (TPSA) is 185 Å². The van der Waals surface area contributed by atoms with E-state index in [2.05, 4.69) is 94.3 Å². The highest BCUT2D eigenvalue weighted by Crippen LogP contribution is 2.47. The maximum absolute atomic E-state index is 14.5. The summed E-state index contributed by atoms with van der Waals surface area (Å²) >= 11 is 20.0. The molecule has 4 saturated heterocycles. The molecule has 0 radical (unpaired) electrons. The zero-order valence-electron chi connectivity index (χ0n) is 52.9. The molecule has 2 aromatic carbocycles. The average Bonchev–Trinajstić information content (AvgIpc) is 1.84. The quantitative estimate of drug-likeness (QED) is 0.151. The minimum absolute atomic E-state index is 0. The van der Waals surface area contributed by atoms with E-state index in [-0.39, 0.29) is 54.4 Å². The fraction of sp³-hybridized carbons (Fsp3) is 0.536. The molecular formula is C69H87Br2Cl4N9O7. The number of fused-ring (bicyclic) bond motifs is 4. The molecule has 2 aliphatic carbocycles. The Bertz CT molecular complexity index is 3270. The van der Waals surface area contributed by atoms with Gasteiger partial charge in [-0.25, -0.2) is 19.4 Å². The summed E-state index contributed by atoms with van der Waals surface area (Å²) in [4.78, 5) is 76.1. The Hall–Kier alpha value is -5.08. The molecule has 22 heteroatoms. The van der Waals surface area contributed by atoms with Crippen LogP contribution in [0.5, 0.6) is 0 Å². The summed E-state index contributed by atoms with van der Waals surface area (Å²) in [6.45, 7) is 16.3. The zero-order valence-corrected chi connectivity index (χ0v) is 59.2. The molecule has 2 N–H and O–H groups in total. The number of carboxylic acids is 1. The van der Waals surface area contributed by atoms with E-state index in [0.717, 1.165) is 93.9 Å². The van der Waals surface area contributed by atoms with Crippen LogP contribution in [-0.2, 0) is 51.3 Å². The number of nitrogens with one attached hydrogen (secondary N) is 1. The van der Waals surface area contributed by atoms with Gasteiger partial charge in [-0.2, -0.15) is 0 Å². The van der Waals surface area contributed by atoms with Gasteiger partial charge in [0.15, 0.2) is 0 Å². The van der Waals surface area contributed by atoms with E-state index >= 15 is 0 Å². The van der Waals surface area contributed by atoms with E-state index in [4.69, 9.17) is 42.6 Å². The first kappa shape index (κ1) is 71.8. The van der Waals surface area contributed by atoms with Gasteiger partial charge >= 0.3 is 18.2 Å². The molecule has 16 nitrogen and oxygen atoms in total. The van der Waals surface area contributed by atoms with Crippen LogP contribution in [0.4, 0.5) is 9.59 Å². The molecule has 3 amide bonds. The number of ether oxygens (including phenoxy) is 2. The third kappa shape index (κ3) is 18.7. The van der Waals surface area contributed by atoms with Crippen molar-refractivity contribution in [1.29, 1.82) is 0 Å². The molecule has 91 heavy (non-hydrogen) atoms. The predicted octanol–water partition coefficient (Wildman–Crippen LogP) is 15.1. The largest absolute Gasteiger partial charge is 0.480 e. The molecule has 0 spiro atoms. The molecule has 5 aliphatic heterocycles. The zero-order chi connectivity index (χ0) is 63.1. The van der Waals surface area contributed by atoms with Crippen molar-refractivity contribution in [1.82, 2.24) is 39.5 Å². The van der Waals surface area contributed by atoms with Crippen molar-refractivity contribution in [2.45, 2.75) is 167 Å². The fourth-order valence-corrected chi connectivity index (χ4v) is 15.5. The lowest BCUT2D eigenvalue weighted by Gasteiger charge is -2.44. The number of likely N-dealkylation sites (tertiary alicyclic amines) is 3. The van der Waals surface area contributed by atoms with Crippen LogP contribution >= 0.6 is 79.9 Å². The van der Waals surface area contributed by atoms with E-state index in [1.807, 2.05) is 68.8 Å². The van der Waals surface area contributed by atoms with Crippen molar-refractivity contribution in [3.05, 3.63) is 156 Å². The Balaban J connectivity index is 0.000000199. The normalized spacial score (nSPS) is 24.3. The Labute approximate surface area is 575 Å². The second kappa shape index (κ2) is 31.9. The standard InChI is InChI=1S/C34H41BrClN5O3.C25H28BrClN2O4.C10H16N2.2ClH/c1-34(2,3)44-33(43)41-13-10-24(17-29(41)32(42)40-12-4-5-22(20-40)19-39-14-11-37-21-39)30-28-9-8-27(36)16-23(28)6-7-25-15-26(35)18-38-31(25)30;1-25(2,3)33-24(32)29-9-8-15(12-20(29)23(30)31)21-19-7-6-18(27)11-14(19)4-5-16-10-17(26)13-28-22(16)21;1-2-9(7-11-4-1)6-10-3-5-12-8-10;;/h8-9,11,14-16,18,21-22,24,29-30H,4-7,10,12-13,17,19-20H2,1-3H3;6-7,10-11,13,15,20-21H,4-5,8-9,12H2,1-3H3,(H,30,31);3,5,8-11H,1-2,4,6-7H2;2*1H/t22-,24?,29?,30+;15?,20?,21-;9-,10?;;/m101../s1. The number of hydrogen-bond acceptors (Lipinski definition) is 11. The van der Waals surface area contributed by atoms with E-state index in [9.17, 15) is 24.3 Å². The van der Waals surface area contributed by atoms with Gasteiger partial charge in [-0.1, -0.05) is 41.4 Å². The number of aliphatic imine (C=N–C) groups is 1. The first-order valence-electron chi connectivity index (χ1n) is 31.8. The number of allylic oxidation sites excluding steroid dienone is 1. The molecule has 492 valence electrons. The number of carbonyl (C=O) groups is 4. The van der Waals surface area contributed by atoms with Crippen LogP contribution in [0.3, 0.4) is 0 Å². The Morgan fingerprint density at radius 3 is 1.73 bits per heavy atom. The number of carbonyl (C=O) groups excluding carboxylic acids is 3. The van der Waals surface area contributed by atoms with Gasteiger partial charge in [-0.3, -0.25) is 29.6 Å². The van der Waals surface area contributed by atoms with Crippen LogP contribution in [-0.4, -0.2) is 132 Å². The molecule has 9 atom stereocenters. The molecule has 0 saturated carbocycles. The van der Waals surface area contributed by atoms with Crippen molar-refractivity contribution in [3.63, 3.8) is 0 Å². The van der Waals surface area contributed by atoms with Crippen molar-refractivity contribution < 1.29 is 33.8 Å². The van der Waals surface area contributed by atoms with Crippen molar-refractivity contribution >= 4 is 110 Å². The van der Waals surface area contributed by atoms with E-state index in [1.54, 1.807) is 38.1 Å². The first-order chi connectivity index (χ1) is 42.5. The smallest absolute Gasteiger partial charge is 0.411 e. The lowest BCUT2D eigenvalue weighted by molar-refractivity contribution is -0.145.